The van der Waals surface area contributed by atoms with Crippen LogP contribution in [0.2, 0.25) is 0 Å². The number of nitrogens with one attached hydrogen (secondary N) is 1. The molecule has 0 aliphatic heterocycles. The summed E-state index contributed by atoms with van der Waals surface area (Å²) in [4.78, 5) is 13.6. The molecule has 1 aliphatic carbocycles. The topological polar surface area (TPSA) is 122 Å². The molecule has 0 unspecified atom stereocenters. The van der Waals surface area contributed by atoms with Gasteiger partial charge in [0.05, 0.1) is 23.2 Å². The van der Waals surface area contributed by atoms with Crippen molar-refractivity contribution in [3.63, 3.8) is 0 Å². The molecule has 0 spiro atoms. The standard InChI is InChI=1S/C25H30N6O2S/c1-27-9-5-8-16-11-19(22(33)21(16)32)31-12-18(20-23(26)28-14-29-24(20)31)25-30-17(13-34-25)10-15-6-3-2-4-7-15/h2-4,6-7,12-14,16,19,21-22,27,32-33H,5,8-11H2,1H3,(H2,26,28,29)/t16-,19+,21+,22-/m0/s1. The lowest BCUT2D eigenvalue weighted by molar-refractivity contribution is 0.00514. The molecule has 3 heterocycles. The third-order valence-electron chi connectivity index (χ3n) is 6.78. The molecule has 3 aromatic heterocycles. The van der Waals surface area contributed by atoms with Crippen LogP contribution in [0.15, 0.2) is 48.2 Å². The molecule has 1 aliphatic rings. The van der Waals surface area contributed by atoms with Gasteiger partial charge in [0.25, 0.3) is 0 Å². The summed E-state index contributed by atoms with van der Waals surface area (Å²) in [7, 11) is 1.92. The molecule has 178 valence electrons. The Labute approximate surface area is 202 Å². The summed E-state index contributed by atoms with van der Waals surface area (Å²) in [6.45, 7) is 0.889. The van der Waals surface area contributed by atoms with Crippen molar-refractivity contribution < 1.29 is 10.2 Å². The third-order valence-corrected chi connectivity index (χ3v) is 7.70. The number of hydrogen-bond acceptors (Lipinski definition) is 8. The van der Waals surface area contributed by atoms with Crippen LogP contribution in [0.5, 0.6) is 0 Å². The molecule has 9 heteroatoms. The Balaban J connectivity index is 1.48. The summed E-state index contributed by atoms with van der Waals surface area (Å²) in [5, 5.41) is 28.5. The number of fused-ring (bicyclic) bond motifs is 1. The quantitative estimate of drug-likeness (QED) is 0.287. The van der Waals surface area contributed by atoms with Gasteiger partial charge in [-0.15, -0.1) is 11.3 Å². The van der Waals surface area contributed by atoms with Crippen molar-refractivity contribution in [3.05, 3.63) is 59.5 Å². The number of nitrogen functional groups attached to an aromatic ring is 1. The van der Waals surface area contributed by atoms with Crippen LogP contribution in [0.4, 0.5) is 5.82 Å². The van der Waals surface area contributed by atoms with Gasteiger partial charge in [-0.25, -0.2) is 15.0 Å². The van der Waals surface area contributed by atoms with E-state index in [1.54, 1.807) is 11.3 Å². The first-order valence-corrected chi connectivity index (χ1v) is 12.5. The Bertz CT molecular complexity index is 1260. The van der Waals surface area contributed by atoms with Crippen LogP contribution in [0.3, 0.4) is 0 Å². The van der Waals surface area contributed by atoms with Gasteiger partial charge < -0.3 is 25.8 Å². The van der Waals surface area contributed by atoms with Gasteiger partial charge in [-0.1, -0.05) is 30.3 Å². The molecule has 0 saturated heterocycles. The second-order valence-corrected chi connectivity index (χ2v) is 9.86. The monoisotopic (exact) mass is 478 g/mol. The maximum atomic E-state index is 10.9. The molecule has 0 amide bonds. The van der Waals surface area contributed by atoms with E-state index in [4.69, 9.17) is 10.7 Å². The van der Waals surface area contributed by atoms with Crippen molar-refractivity contribution >= 4 is 28.2 Å². The minimum Gasteiger partial charge on any atom is -0.390 e. The van der Waals surface area contributed by atoms with Crippen LogP contribution >= 0.6 is 11.3 Å². The van der Waals surface area contributed by atoms with Gasteiger partial charge >= 0.3 is 0 Å². The van der Waals surface area contributed by atoms with Crippen LogP contribution in [0, 0.1) is 5.92 Å². The largest absolute Gasteiger partial charge is 0.390 e. The number of aliphatic hydroxyl groups is 2. The molecule has 8 nitrogen and oxygen atoms in total. The summed E-state index contributed by atoms with van der Waals surface area (Å²) in [5.74, 6) is 0.419. The van der Waals surface area contributed by atoms with Crippen LogP contribution < -0.4 is 11.1 Å². The first kappa shape index (κ1) is 22.9. The maximum Gasteiger partial charge on any atom is 0.146 e. The minimum atomic E-state index is -0.871. The van der Waals surface area contributed by atoms with E-state index in [0.29, 0.717) is 17.9 Å². The van der Waals surface area contributed by atoms with Gasteiger partial charge in [0.2, 0.25) is 0 Å². The molecule has 34 heavy (non-hydrogen) atoms. The van der Waals surface area contributed by atoms with E-state index in [9.17, 15) is 10.2 Å². The SMILES string of the molecule is CNCCC[C@H]1C[C@@H](n2cc(-c3nc(Cc4ccccc4)cs3)c3c(N)ncnc32)[C@H](O)[C@@H]1O. The second kappa shape index (κ2) is 9.79. The predicted molar refractivity (Wildman–Crippen MR) is 135 cm³/mol. The van der Waals surface area contributed by atoms with Crippen molar-refractivity contribution in [1.82, 2.24) is 24.8 Å². The molecule has 1 saturated carbocycles. The van der Waals surface area contributed by atoms with E-state index in [0.717, 1.165) is 47.5 Å². The highest BCUT2D eigenvalue weighted by molar-refractivity contribution is 7.13. The van der Waals surface area contributed by atoms with E-state index >= 15 is 0 Å². The van der Waals surface area contributed by atoms with Gasteiger partial charge in [0.1, 0.15) is 28.9 Å². The molecular formula is C25H30N6O2S. The van der Waals surface area contributed by atoms with Crippen LogP contribution in [-0.2, 0) is 6.42 Å². The molecule has 1 fully saturated rings. The number of nitrogens with two attached hydrogens (primary N) is 1. The fourth-order valence-electron chi connectivity index (χ4n) is 5.04. The second-order valence-electron chi connectivity index (χ2n) is 9.00. The third kappa shape index (κ3) is 4.32. The lowest BCUT2D eigenvalue weighted by atomic mass is 9.99. The van der Waals surface area contributed by atoms with Crippen molar-refractivity contribution in [1.29, 1.82) is 0 Å². The molecule has 1 aromatic carbocycles. The van der Waals surface area contributed by atoms with Crippen LogP contribution in [0.1, 0.15) is 36.6 Å². The number of aliphatic hydroxyl groups excluding tert-OH is 2. The summed E-state index contributed by atoms with van der Waals surface area (Å²) in [6, 6.07) is 9.97. The maximum absolute atomic E-state index is 10.9. The molecule has 4 atom stereocenters. The lowest BCUT2D eigenvalue weighted by Crippen LogP contribution is -2.29. The van der Waals surface area contributed by atoms with Crippen molar-refractivity contribution in [2.24, 2.45) is 5.92 Å². The Morgan fingerprint density at radius 2 is 2.00 bits per heavy atom. The normalized spacial score (nSPS) is 22.6. The molecule has 5 N–H and O–H groups in total. The molecule has 0 radical (unpaired) electrons. The highest BCUT2D eigenvalue weighted by Gasteiger charge is 2.42. The van der Waals surface area contributed by atoms with E-state index in [2.05, 4.69) is 32.8 Å². The Kier molecular flexibility index (Phi) is 6.60. The van der Waals surface area contributed by atoms with Crippen LogP contribution in [-0.4, -0.2) is 55.5 Å². The Morgan fingerprint density at radius 3 is 2.79 bits per heavy atom. The summed E-state index contributed by atoms with van der Waals surface area (Å²) >= 11 is 1.56. The average molecular weight is 479 g/mol. The summed E-state index contributed by atoms with van der Waals surface area (Å²) < 4.78 is 1.97. The fourth-order valence-corrected chi connectivity index (χ4v) is 5.88. The number of anilines is 1. The van der Waals surface area contributed by atoms with Crippen molar-refractivity contribution in [2.75, 3.05) is 19.3 Å². The van der Waals surface area contributed by atoms with Crippen molar-refractivity contribution in [3.8, 4) is 10.6 Å². The first-order valence-electron chi connectivity index (χ1n) is 11.7. The van der Waals surface area contributed by atoms with E-state index in [1.807, 2.05) is 36.0 Å². The van der Waals surface area contributed by atoms with Gasteiger partial charge in [-0.2, -0.15) is 0 Å². The molecule has 5 rings (SSSR count). The average Bonchev–Trinajstić information content (AvgIpc) is 3.53. The Morgan fingerprint density at radius 1 is 1.18 bits per heavy atom. The summed E-state index contributed by atoms with van der Waals surface area (Å²) in [6.07, 6.45) is 5.02. The zero-order valence-corrected chi connectivity index (χ0v) is 19.9. The number of thiazole rings is 1. The fraction of sp³-hybridized carbons (Fsp3) is 0.400. The predicted octanol–water partition coefficient (Wildman–Crippen LogP) is 3.01. The Hall–Kier alpha value is -2.85. The number of aromatic nitrogens is 4. The summed E-state index contributed by atoms with van der Waals surface area (Å²) in [5.41, 5.74) is 10.0. The van der Waals surface area contributed by atoms with Gasteiger partial charge in [0.15, 0.2) is 0 Å². The minimum absolute atomic E-state index is 0.0331. The molecular weight excluding hydrogens is 448 g/mol. The highest BCUT2D eigenvalue weighted by atomic mass is 32.1. The zero-order chi connectivity index (χ0) is 23.7. The first-order chi connectivity index (χ1) is 16.6. The molecule has 4 aromatic rings. The smallest absolute Gasteiger partial charge is 0.146 e. The van der Waals surface area contributed by atoms with E-state index in [1.165, 1.54) is 11.9 Å². The van der Waals surface area contributed by atoms with Crippen LogP contribution in [0.25, 0.3) is 21.6 Å². The lowest BCUT2D eigenvalue weighted by Gasteiger charge is -2.19. The van der Waals surface area contributed by atoms with Crippen molar-refractivity contribution in [2.45, 2.75) is 43.9 Å². The van der Waals surface area contributed by atoms with Gasteiger partial charge in [-0.05, 0) is 44.3 Å². The number of nitrogens with zero attached hydrogens (tertiary/aromatic N) is 4. The van der Waals surface area contributed by atoms with Gasteiger partial charge in [-0.3, -0.25) is 0 Å². The van der Waals surface area contributed by atoms with E-state index in [-0.39, 0.29) is 12.0 Å². The zero-order valence-electron chi connectivity index (χ0n) is 19.1. The van der Waals surface area contributed by atoms with E-state index < -0.39 is 12.2 Å². The highest BCUT2D eigenvalue weighted by Crippen LogP contribution is 2.42. The number of rotatable bonds is 8. The van der Waals surface area contributed by atoms with Gasteiger partial charge in [0, 0.05) is 23.6 Å². The number of benzene rings is 1. The molecule has 0 bridgehead atoms. The number of hydrogen-bond donors (Lipinski definition) is 4.